The molecule has 2 rings (SSSR count). The summed E-state index contributed by atoms with van der Waals surface area (Å²) >= 11 is 6.08. The number of carbonyl (C=O) groups excluding carboxylic acids is 1. The molecule has 5 nitrogen and oxygen atoms in total. The Morgan fingerprint density at radius 1 is 1.12 bits per heavy atom. The number of nitrogens with one attached hydrogen (secondary N) is 1. The fourth-order valence-electron chi connectivity index (χ4n) is 2.45. The molecule has 134 valence electrons. The minimum absolute atomic E-state index is 0.141. The summed E-state index contributed by atoms with van der Waals surface area (Å²) in [7, 11) is 4.95. The number of likely N-dealkylation sites (N-methyl/N-ethyl adjacent to an activating group) is 1. The number of carbonyl (C=O) groups is 1. The molecule has 0 spiro atoms. The topological polar surface area (TPSA) is 50.8 Å². The first-order valence-electron chi connectivity index (χ1n) is 7.88. The summed E-state index contributed by atoms with van der Waals surface area (Å²) in [5, 5.41) is 3.27. The highest BCUT2D eigenvalue weighted by atomic mass is 35.5. The van der Waals surface area contributed by atoms with Gasteiger partial charge < -0.3 is 14.8 Å². The Hall–Kier alpha value is -2.24. The molecule has 0 saturated carbocycles. The molecule has 2 aromatic rings. The summed E-state index contributed by atoms with van der Waals surface area (Å²) in [5.41, 5.74) is 2.90. The lowest BCUT2D eigenvalue weighted by Crippen LogP contribution is -2.30. The summed E-state index contributed by atoms with van der Waals surface area (Å²) in [6.07, 6.45) is 0. The van der Waals surface area contributed by atoms with Gasteiger partial charge in [-0.15, -0.1) is 0 Å². The van der Waals surface area contributed by atoms with Gasteiger partial charge in [-0.25, -0.2) is 0 Å². The second kappa shape index (κ2) is 8.74. The van der Waals surface area contributed by atoms with Crippen LogP contribution < -0.4 is 14.8 Å². The van der Waals surface area contributed by atoms with Gasteiger partial charge in [-0.05, 0) is 19.5 Å². The Labute approximate surface area is 153 Å². The molecule has 0 bridgehead atoms. The molecule has 0 aliphatic rings. The van der Waals surface area contributed by atoms with Crippen LogP contribution in [0.3, 0.4) is 0 Å². The molecular formula is C19H23ClN2O3. The van der Waals surface area contributed by atoms with Crippen molar-refractivity contribution in [2.24, 2.45) is 0 Å². The summed E-state index contributed by atoms with van der Waals surface area (Å²) in [4.78, 5) is 14.3. The average molecular weight is 363 g/mol. The molecule has 0 fully saturated rings. The van der Waals surface area contributed by atoms with E-state index >= 15 is 0 Å². The smallest absolute Gasteiger partial charge is 0.238 e. The zero-order valence-corrected chi connectivity index (χ0v) is 15.7. The van der Waals surface area contributed by atoms with Crippen LogP contribution in [0, 0.1) is 6.92 Å². The van der Waals surface area contributed by atoms with Crippen LogP contribution in [0.15, 0.2) is 36.4 Å². The molecule has 6 heteroatoms. The second-order valence-corrected chi connectivity index (χ2v) is 6.30. The van der Waals surface area contributed by atoms with Crippen LogP contribution in [0.2, 0.25) is 5.02 Å². The van der Waals surface area contributed by atoms with E-state index in [1.807, 2.05) is 11.9 Å². The normalized spacial score (nSPS) is 10.6. The first kappa shape index (κ1) is 19.1. The van der Waals surface area contributed by atoms with Gasteiger partial charge in [0.25, 0.3) is 0 Å². The Balaban J connectivity index is 2.00. The zero-order chi connectivity index (χ0) is 18.4. The number of methoxy groups -OCH3 is 2. The minimum atomic E-state index is -0.141. The molecule has 0 aromatic heterocycles. The van der Waals surface area contributed by atoms with E-state index < -0.39 is 0 Å². The van der Waals surface area contributed by atoms with Gasteiger partial charge >= 0.3 is 0 Å². The van der Waals surface area contributed by atoms with E-state index in [2.05, 4.69) is 36.5 Å². The standard InChI is InChI=1S/C19H23ClN2O3/c1-13-5-7-14(8-6-13)11-22(2)12-19(23)21-16-10-17(24-3)15(20)9-18(16)25-4/h5-10H,11-12H2,1-4H3,(H,21,23). The lowest BCUT2D eigenvalue weighted by Gasteiger charge is -2.18. The maximum absolute atomic E-state index is 12.3. The van der Waals surface area contributed by atoms with Crippen LogP contribution in [0.5, 0.6) is 11.5 Å². The van der Waals surface area contributed by atoms with Crippen LogP contribution in [0.4, 0.5) is 5.69 Å². The van der Waals surface area contributed by atoms with Gasteiger partial charge in [-0.2, -0.15) is 0 Å². The summed E-state index contributed by atoms with van der Waals surface area (Å²) in [5.74, 6) is 0.823. The van der Waals surface area contributed by atoms with Gasteiger partial charge in [0.2, 0.25) is 5.91 Å². The zero-order valence-electron chi connectivity index (χ0n) is 14.9. The van der Waals surface area contributed by atoms with Crippen molar-refractivity contribution in [3.05, 3.63) is 52.5 Å². The minimum Gasteiger partial charge on any atom is -0.495 e. The number of hydrogen-bond donors (Lipinski definition) is 1. The highest BCUT2D eigenvalue weighted by molar-refractivity contribution is 6.32. The number of nitrogens with zero attached hydrogens (tertiary/aromatic N) is 1. The van der Waals surface area contributed by atoms with Crippen molar-refractivity contribution in [1.82, 2.24) is 4.90 Å². The largest absolute Gasteiger partial charge is 0.495 e. The molecule has 0 atom stereocenters. The number of rotatable bonds is 7. The molecular weight excluding hydrogens is 340 g/mol. The lowest BCUT2D eigenvalue weighted by atomic mass is 10.1. The highest BCUT2D eigenvalue weighted by Gasteiger charge is 2.14. The van der Waals surface area contributed by atoms with Crippen molar-refractivity contribution >= 4 is 23.2 Å². The lowest BCUT2D eigenvalue weighted by molar-refractivity contribution is -0.117. The summed E-state index contributed by atoms with van der Waals surface area (Å²) in [6.45, 7) is 2.99. The Kier molecular flexibility index (Phi) is 6.67. The summed E-state index contributed by atoms with van der Waals surface area (Å²) < 4.78 is 10.5. The molecule has 0 heterocycles. The van der Waals surface area contributed by atoms with E-state index in [4.69, 9.17) is 21.1 Å². The maximum Gasteiger partial charge on any atom is 0.238 e. The van der Waals surface area contributed by atoms with Crippen LogP contribution in [-0.4, -0.2) is 38.6 Å². The van der Waals surface area contributed by atoms with Crippen molar-refractivity contribution in [2.45, 2.75) is 13.5 Å². The number of benzene rings is 2. The monoisotopic (exact) mass is 362 g/mol. The molecule has 0 radical (unpaired) electrons. The van der Waals surface area contributed by atoms with Gasteiger partial charge in [0.05, 0.1) is 31.5 Å². The van der Waals surface area contributed by atoms with Crippen LogP contribution >= 0.6 is 11.6 Å². The van der Waals surface area contributed by atoms with Crippen molar-refractivity contribution in [3.8, 4) is 11.5 Å². The molecule has 1 N–H and O–H groups in total. The first-order chi connectivity index (χ1) is 11.9. The predicted octanol–water partition coefficient (Wildman–Crippen LogP) is 3.74. The number of amides is 1. The van der Waals surface area contributed by atoms with Crippen LogP contribution in [0.1, 0.15) is 11.1 Å². The van der Waals surface area contributed by atoms with E-state index in [0.717, 1.165) is 5.56 Å². The van der Waals surface area contributed by atoms with Gasteiger partial charge in [0.1, 0.15) is 11.5 Å². The molecule has 0 saturated heterocycles. The van der Waals surface area contributed by atoms with E-state index in [1.54, 1.807) is 12.1 Å². The van der Waals surface area contributed by atoms with Gasteiger partial charge in [-0.3, -0.25) is 9.69 Å². The Bertz CT molecular complexity index is 732. The van der Waals surface area contributed by atoms with Crippen LogP contribution in [-0.2, 0) is 11.3 Å². The highest BCUT2D eigenvalue weighted by Crippen LogP contribution is 2.35. The molecule has 1 amide bonds. The van der Waals surface area contributed by atoms with Crippen molar-refractivity contribution < 1.29 is 14.3 Å². The Morgan fingerprint density at radius 3 is 2.36 bits per heavy atom. The van der Waals surface area contributed by atoms with E-state index in [-0.39, 0.29) is 12.5 Å². The van der Waals surface area contributed by atoms with E-state index in [1.165, 1.54) is 19.8 Å². The van der Waals surface area contributed by atoms with Crippen molar-refractivity contribution in [1.29, 1.82) is 0 Å². The van der Waals surface area contributed by atoms with Crippen molar-refractivity contribution in [2.75, 3.05) is 33.1 Å². The Morgan fingerprint density at radius 2 is 1.76 bits per heavy atom. The van der Waals surface area contributed by atoms with E-state index in [0.29, 0.717) is 28.8 Å². The first-order valence-corrected chi connectivity index (χ1v) is 8.26. The fourth-order valence-corrected chi connectivity index (χ4v) is 2.68. The maximum atomic E-state index is 12.3. The molecule has 0 aliphatic carbocycles. The second-order valence-electron chi connectivity index (χ2n) is 5.89. The third kappa shape index (κ3) is 5.37. The SMILES string of the molecule is COc1cc(NC(=O)CN(C)Cc2ccc(C)cc2)c(OC)cc1Cl. The quantitative estimate of drug-likeness (QED) is 0.815. The van der Waals surface area contributed by atoms with E-state index in [9.17, 15) is 4.79 Å². The molecule has 2 aromatic carbocycles. The predicted molar refractivity (Wildman–Crippen MR) is 101 cm³/mol. The number of ether oxygens (including phenoxy) is 2. The number of aryl methyl sites for hydroxylation is 1. The average Bonchev–Trinajstić information content (AvgIpc) is 2.57. The molecule has 25 heavy (non-hydrogen) atoms. The van der Waals surface area contributed by atoms with Gasteiger partial charge in [-0.1, -0.05) is 41.4 Å². The molecule has 0 aliphatic heterocycles. The molecule has 0 unspecified atom stereocenters. The third-order valence-electron chi connectivity index (χ3n) is 3.73. The summed E-state index contributed by atoms with van der Waals surface area (Å²) in [6, 6.07) is 11.5. The van der Waals surface area contributed by atoms with Gasteiger partial charge in [0.15, 0.2) is 0 Å². The third-order valence-corrected chi connectivity index (χ3v) is 4.03. The van der Waals surface area contributed by atoms with Crippen LogP contribution in [0.25, 0.3) is 0 Å². The number of hydrogen-bond acceptors (Lipinski definition) is 4. The van der Waals surface area contributed by atoms with Crippen molar-refractivity contribution in [3.63, 3.8) is 0 Å². The fraction of sp³-hybridized carbons (Fsp3) is 0.316. The number of halogens is 1. The van der Waals surface area contributed by atoms with Gasteiger partial charge in [0, 0.05) is 18.7 Å². The number of anilines is 1.